The van der Waals surface area contributed by atoms with Gasteiger partial charge in [-0.15, -0.1) is 0 Å². The first-order chi connectivity index (χ1) is 7.22. The minimum atomic E-state index is 0.663. The molecule has 0 aliphatic rings. The average Bonchev–Trinajstić information content (AvgIpc) is 2.53. The van der Waals surface area contributed by atoms with Crippen LogP contribution in [-0.4, -0.2) is 23.1 Å². The second-order valence-electron chi connectivity index (χ2n) is 3.28. The molecule has 80 valence electrons. The zero-order chi connectivity index (χ0) is 10.8. The van der Waals surface area contributed by atoms with Gasteiger partial charge in [0.1, 0.15) is 10.4 Å². The maximum absolute atomic E-state index is 5.72. The van der Waals surface area contributed by atoms with Crippen LogP contribution in [0.2, 0.25) is 0 Å². The number of fused-ring (bicyclic) bond motifs is 1. The number of halogens is 1. The van der Waals surface area contributed by atoms with Gasteiger partial charge in [0.25, 0.3) is 0 Å². The Morgan fingerprint density at radius 1 is 1.60 bits per heavy atom. The molecular weight excluding hydrogens is 258 g/mol. The van der Waals surface area contributed by atoms with Gasteiger partial charge in [0, 0.05) is 25.4 Å². The van der Waals surface area contributed by atoms with Gasteiger partial charge >= 0.3 is 0 Å². The van der Waals surface area contributed by atoms with Gasteiger partial charge in [0.05, 0.1) is 12.1 Å². The summed E-state index contributed by atoms with van der Waals surface area (Å²) in [6, 6.07) is 3.75. The number of nitrogen functional groups attached to an aromatic ring is 1. The molecule has 0 bridgehead atoms. The zero-order valence-corrected chi connectivity index (χ0v) is 9.99. The summed E-state index contributed by atoms with van der Waals surface area (Å²) in [6.45, 7) is 0.663. The van der Waals surface area contributed by atoms with Crippen LogP contribution in [0.1, 0.15) is 5.82 Å². The lowest BCUT2D eigenvalue weighted by Crippen LogP contribution is -2.00. The van der Waals surface area contributed by atoms with E-state index in [0.717, 1.165) is 28.1 Å². The van der Waals surface area contributed by atoms with Gasteiger partial charge in [0.15, 0.2) is 0 Å². The SMILES string of the molecule is COCCc1nc(Br)c2cc(N)ccn12. The molecule has 0 unspecified atom stereocenters. The van der Waals surface area contributed by atoms with Crippen LogP contribution >= 0.6 is 15.9 Å². The molecule has 15 heavy (non-hydrogen) atoms. The molecule has 5 heteroatoms. The van der Waals surface area contributed by atoms with Crippen LogP contribution in [0, 0.1) is 0 Å². The molecule has 0 atom stereocenters. The second-order valence-corrected chi connectivity index (χ2v) is 4.03. The Morgan fingerprint density at radius 2 is 2.40 bits per heavy atom. The first kappa shape index (κ1) is 10.4. The molecule has 4 nitrogen and oxygen atoms in total. The van der Waals surface area contributed by atoms with Gasteiger partial charge in [-0.05, 0) is 28.1 Å². The highest BCUT2D eigenvalue weighted by atomic mass is 79.9. The number of nitrogens with zero attached hydrogens (tertiary/aromatic N) is 2. The highest BCUT2D eigenvalue weighted by Crippen LogP contribution is 2.21. The lowest BCUT2D eigenvalue weighted by atomic mass is 10.3. The van der Waals surface area contributed by atoms with Crippen molar-refractivity contribution < 1.29 is 4.74 Å². The van der Waals surface area contributed by atoms with Gasteiger partial charge in [-0.2, -0.15) is 0 Å². The van der Waals surface area contributed by atoms with E-state index in [1.165, 1.54) is 0 Å². The van der Waals surface area contributed by atoms with E-state index in [4.69, 9.17) is 10.5 Å². The first-order valence-electron chi connectivity index (χ1n) is 4.63. The Balaban J connectivity index is 2.48. The first-order valence-corrected chi connectivity index (χ1v) is 5.42. The van der Waals surface area contributed by atoms with Crippen molar-refractivity contribution >= 4 is 27.1 Å². The standard InChI is InChI=1S/C10H12BrN3O/c1-15-5-3-9-13-10(11)8-6-7(12)2-4-14(8)9/h2,4,6H,3,5,12H2,1H3. The summed E-state index contributed by atoms with van der Waals surface area (Å²) in [5.41, 5.74) is 7.44. The number of pyridine rings is 1. The minimum absolute atomic E-state index is 0.663. The molecule has 0 spiro atoms. The number of aromatic nitrogens is 2. The zero-order valence-electron chi connectivity index (χ0n) is 8.40. The number of imidazole rings is 1. The Hall–Kier alpha value is -1.07. The summed E-state index contributed by atoms with van der Waals surface area (Å²) < 4.78 is 7.87. The molecule has 0 radical (unpaired) electrons. The van der Waals surface area contributed by atoms with E-state index in [0.29, 0.717) is 6.61 Å². The predicted molar refractivity (Wildman–Crippen MR) is 62.9 cm³/mol. The third-order valence-corrected chi connectivity index (χ3v) is 2.81. The summed E-state index contributed by atoms with van der Waals surface area (Å²) in [5, 5.41) is 0. The maximum atomic E-state index is 5.72. The number of anilines is 1. The maximum Gasteiger partial charge on any atom is 0.132 e. The molecular formula is C10H12BrN3O. The lowest BCUT2D eigenvalue weighted by Gasteiger charge is -2.00. The van der Waals surface area contributed by atoms with Crippen LogP contribution in [-0.2, 0) is 11.2 Å². The van der Waals surface area contributed by atoms with Crippen molar-refractivity contribution in [3.05, 3.63) is 28.8 Å². The Labute approximate surface area is 96.2 Å². The monoisotopic (exact) mass is 269 g/mol. The van der Waals surface area contributed by atoms with E-state index in [1.54, 1.807) is 7.11 Å². The van der Waals surface area contributed by atoms with Crippen molar-refractivity contribution in [2.75, 3.05) is 19.5 Å². The van der Waals surface area contributed by atoms with E-state index in [2.05, 4.69) is 20.9 Å². The van der Waals surface area contributed by atoms with E-state index in [1.807, 2.05) is 22.7 Å². The highest BCUT2D eigenvalue weighted by molar-refractivity contribution is 9.10. The van der Waals surface area contributed by atoms with Crippen LogP contribution in [0.4, 0.5) is 5.69 Å². The number of rotatable bonds is 3. The number of nitrogens with two attached hydrogens (primary N) is 1. The fraction of sp³-hybridized carbons (Fsp3) is 0.300. The Kier molecular flexibility index (Phi) is 2.93. The van der Waals surface area contributed by atoms with E-state index >= 15 is 0 Å². The molecule has 0 saturated heterocycles. The third kappa shape index (κ3) is 1.98. The number of ether oxygens (including phenoxy) is 1. The molecule has 0 amide bonds. The quantitative estimate of drug-likeness (QED) is 0.926. The average molecular weight is 270 g/mol. The van der Waals surface area contributed by atoms with Crippen molar-refractivity contribution in [2.24, 2.45) is 0 Å². The van der Waals surface area contributed by atoms with Gasteiger partial charge in [-0.1, -0.05) is 0 Å². The minimum Gasteiger partial charge on any atom is -0.399 e. The van der Waals surface area contributed by atoms with E-state index in [9.17, 15) is 0 Å². The summed E-state index contributed by atoms with van der Waals surface area (Å²) in [7, 11) is 1.68. The lowest BCUT2D eigenvalue weighted by molar-refractivity contribution is 0.200. The van der Waals surface area contributed by atoms with Crippen molar-refractivity contribution in [3.63, 3.8) is 0 Å². The molecule has 2 heterocycles. The van der Waals surface area contributed by atoms with Gasteiger partial charge in [-0.25, -0.2) is 4.98 Å². The molecule has 2 N–H and O–H groups in total. The Bertz CT molecular complexity index is 481. The van der Waals surface area contributed by atoms with Crippen LogP contribution in [0.25, 0.3) is 5.52 Å². The van der Waals surface area contributed by atoms with Crippen LogP contribution in [0.5, 0.6) is 0 Å². The normalized spacial score (nSPS) is 11.1. The van der Waals surface area contributed by atoms with Gasteiger partial charge < -0.3 is 14.9 Å². The third-order valence-electron chi connectivity index (χ3n) is 2.23. The molecule has 0 fully saturated rings. The number of hydrogen-bond acceptors (Lipinski definition) is 3. The number of hydrogen-bond donors (Lipinski definition) is 1. The summed E-state index contributed by atoms with van der Waals surface area (Å²) >= 11 is 3.42. The molecule has 2 aromatic rings. The fourth-order valence-electron chi connectivity index (χ4n) is 1.49. The summed E-state index contributed by atoms with van der Waals surface area (Å²) in [5.74, 6) is 0.971. The molecule has 0 aliphatic heterocycles. The fourth-order valence-corrected chi connectivity index (χ4v) is 2.00. The van der Waals surface area contributed by atoms with E-state index < -0.39 is 0 Å². The smallest absolute Gasteiger partial charge is 0.132 e. The van der Waals surface area contributed by atoms with Crippen LogP contribution in [0.15, 0.2) is 22.9 Å². The molecule has 0 aliphatic carbocycles. The molecule has 2 aromatic heterocycles. The summed E-state index contributed by atoms with van der Waals surface area (Å²) in [6.07, 6.45) is 2.71. The highest BCUT2D eigenvalue weighted by Gasteiger charge is 2.08. The van der Waals surface area contributed by atoms with Crippen LogP contribution in [0.3, 0.4) is 0 Å². The van der Waals surface area contributed by atoms with Crippen molar-refractivity contribution in [1.29, 1.82) is 0 Å². The molecule has 0 saturated carbocycles. The van der Waals surface area contributed by atoms with E-state index in [-0.39, 0.29) is 0 Å². The van der Waals surface area contributed by atoms with Crippen molar-refractivity contribution in [1.82, 2.24) is 9.38 Å². The van der Waals surface area contributed by atoms with Crippen LogP contribution < -0.4 is 5.73 Å². The molecule has 2 rings (SSSR count). The van der Waals surface area contributed by atoms with Crippen molar-refractivity contribution in [2.45, 2.75) is 6.42 Å². The van der Waals surface area contributed by atoms with Crippen molar-refractivity contribution in [3.8, 4) is 0 Å². The number of methoxy groups -OCH3 is 1. The Morgan fingerprint density at radius 3 is 3.13 bits per heavy atom. The second kappa shape index (κ2) is 4.20. The summed E-state index contributed by atoms with van der Waals surface area (Å²) in [4.78, 5) is 4.41. The predicted octanol–water partition coefficient (Wildman–Crippen LogP) is 1.87. The largest absolute Gasteiger partial charge is 0.399 e. The van der Waals surface area contributed by atoms with Gasteiger partial charge in [-0.3, -0.25) is 0 Å². The topological polar surface area (TPSA) is 52.5 Å². The van der Waals surface area contributed by atoms with Gasteiger partial charge in [0.2, 0.25) is 0 Å². The molecule has 0 aromatic carbocycles.